The van der Waals surface area contributed by atoms with Crippen molar-refractivity contribution in [3.8, 4) is 5.75 Å². The smallest absolute Gasteiger partial charge is 0.459 e. The number of anilines is 1. The van der Waals surface area contributed by atoms with Crippen molar-refractivity contribution in [3.05, 3.63) is 89.0 Å². The normalized spacial score (nSPS) is 22.2. The maximum Gasteiger partial charge on any atom is 0.459 e. The van der Waals surface area contributed by atoms with Crippen LogP contribution < -0.4 is 21.0 Å². The Hall–Kier alpha value is -3.68. The number of aromatic nitrogens is 2. The lowest BCUT2D eigenvalue weighted by Crippen LogP contribution is -2.42. The molecule has 0 spiro atoms. The number of aliphatic hydroxyl groups is 1. The summed E-state index contributed by atoms with van der Waals surface area (Å²) in [4.78, 5) is 28.1. The first-order valence-corrected chi connectivity index (χ1v) is 13.6. The third-order valence-corrected chi connectivity index (χ3v) is 7.43. The summed E-state index contributed by atoms with van der Waals surface area (Å²) < 4.78 is 65.3. The molecule has 1 aromatic heterocycles. The number of carbonyl (C=O) groups excluding carboxylic acids is 1. The number of aliphatic hydroxyl groups excluding tert-OH is 1. The van der Waals surface area contributed by atoms with Crippen molar-refractivity contribution in [2.45, 2.75) is 43.9 Å². The number of rotatable bonds is 11. The van der Waals surface area contributed by atoms with Gasteiger partial charge in [0.1, 0.15) is 30.3 Å². The summed E-state index contributed by atoms with van der Waals surface area (Å²) in [5, 5.41) is 12.7. The molecule has 0 amide bonds. The van der Waals surface area contributed by atoms with Gasteiger partial charge < -0.3 is 24.8 Å². The molecule has 2 unspecified atom stereocenters. The number of esters is 1. The summed E-state index contributed by atoms with van der Waals surface area (Å²) in [5.41, 5.74) is 5.01. The Morgan fingerprint density at radius 1 is 1.20 bits per heavy atom. The van der Waals surface area contributed by atoms with E-state index in [4.69, 9.17) is 24.3 Å². The lowest BCUT2D eigenvalue weighted by atomic mass is 10.1. The molecule has 3 aromatic rings. The summed E-state index contributed by atoms with van der Waals surface area (Å²) in [7, 11) is -4.46. The topological polar surface area (TPSA) is 164 Å². The van der Waals surface area contributed by atoms with Gasteiger partial charge in [0, 0.05) is 6.20 Å². The van der Waals surface area contributed by atoms with Gasteiger partial charge in [-0.1, -0.05) is 48.5 Å². The second kappa shape index (κ2) is 12.2. The number of alkyl halides is 2. The van der Waals surface area contributed by atoms with E-state index in [1.165, 1.54) is 19.1 Å². The number of para-hydroxylation sites is 1. The zero-order chi connectivity index (χ0) is 28.9. The molecule has 214 valence electrons. The SMILES string of the molecule is C[C@H](NP(=O)(OCC1O[C@@H](n2ccc(N)nc2=O)C(F)(F)[C@H]1O)Oc1ccccc1)C(=O)OCc1ccccc1. The van der Waals surface area contributed by atoms with Crippen LogP contribution in [0.5, 0.6) is 5.75 Å². The van der Waals surface area contributed by atoms with Crippen molar-refractivity contribution in [1.82, 2.24) is 14.6 Å². The van der Waals surface area contributed by atoms with Crippen molar-refractivity contribution >= 4 is 19.5 Å². The van der Waals surface area contributed by atoms with Gasteiger partial charge in [0.15, 0.2) is 6.10 Å². The minimum Gasteiger partial charge on any atom is -0.460 e. The van der Waals surface area contributed by atoms with Gasteiger partial charge >= 0.3 is 25.3 Å². The van der Waals surface area contributed by atoms with Gasteiger partial charge in [-0.2, -0.15) is 18.9 Å². The molecule has 0 bridgehead atoms. The van der Waals surface area contributed by atoms with E-state index in [2.05, 4.69) is 10.1 Å². The van der Waals surface area contributed by atoms with Crippen molar-refractivity contribution < 1.29 is 41.8 Å². The van der Waals surface area contributed by atoms with E-state index in [0.717, 1.165) is 17.8 Å². The Bertz CT molecular complexity index is 1410. The lowest BCUT2D eigenvalue weighted by Gasteiger charge is -2.24. The van der Waals surface area contributed by atoms with Gasteiger partial charge in [0.2, 0.25) is 6.23 Å². The molecular formula is C25H27F2N4O8P. The van der Waals surface area contributed by atoms with Crippen LogP contribution >= 0.6 is 7.75 Å². The average Bonchev–Trinajstić information content (AvgIpc) is 3.15. The Kier molecular flexibility index (Phi) is 8.96. The van der Waals surface area contributed by atoms with E-state index in [1.54, 1.807) is 48.5 Å². The minimum absolute atomic E-state index is 0.0473. The second-order valence-electron chi connectivity index (χ2n) is 8.83. The molecule has 4 rings (SSSR count). The zero-order valence-electron chi connectivity index (χ0n) is 21.1. The maximum atomic E-state index is 14.9. The highest BCUT2D eigenvalue weighted by Gasteiger charge is 2.60. The molecule has 0 saturated carbocycles. The average molecular weight is 580 g/mol. The van der Waals surface area contributed by atoms with E-state index in [9.17, 15) is 28.0 Å². The number of benzene rings is 2. The van der Waals surface area contributed by atoms with Crippen LogP contribution in [0.4, 0.5) is 14.6 Å². The number of nitrogens with one attached hydrogen (secondary N) is 1. The van der Waals surface area contributed by atoms with E-state index < -0.39 is 56.4 Å². The molecule has 0 aliphatic carbocycles. The molecule has 1 aliphatic rings. The molecule has 1 fully saturated rings. The third kappa shape index (κ3) is 6.90. The first kappa shape index (κ1) is 29.3. The molecule has 1 aliphatic heterocycles. The maximum absolute atomic E-state index is 14.9. The zero-order valence-corrected chi connectivity index (χ0v) is 22.0. The van der Waals surface area contributed by atoms with Crippen LogP contribution in [0, 0.1) is 0 Å². The van der Waals surface area contributed by atoms with Crippen molar-refractivity contribution in [2.24, 2.45) is 0 Å². The van der Waals surface area contributed by atoms with Gasteiger partial charge in [-0.25, -0.2) is 9.36 Å². The largest absolute Gasteiger partial charge is 0.460 e. The fourth-order valence-corrected chi connectivity index (χ4v) is 5.24. The van der Waals surface area contributed by atoms with Crippen LogP contribution in [0.1, 0.15) is 18.7 Å². The number of nitrogen functional groups attached to an aromatic ring is 1. The number of halogens is 2. The highest BCUT2D eigenvalue weighted by Crippen LogP contribution is 2.48. The van der Waals surface area contributed by atoms with E-state index >= 15 is 0 Å². The third-order valence-electron chi connectivity index (χ3n) is 5.79. The van der Waals surface area contributed by atoms with Gasteiger partial charge in [0.25, 0.3) is 0 Å². The molecule has 12 nitrogen and oxygen atoms in total. The first-order valence-electron chi connectivity index (χ1n) is 12.0. The lowest BCUT2D eigenvalue weighted by molar-refractivity contribution is -0.146. The van der Waals surface area contributed by atoms with Crippen molar-refractivity contribution in [3.63, 3.8) is 0 Å². The molecule has 0 radical (unpaired) electrons. The standard InChI is InChI=1S/C25H27F2N4O8P/c1-16(22(33)36-14-17-8-4-2-5-9-17)30-40(35,39-18-10-6-3-7-11-18)37-15-19-21(32)25(26,27)23(38-19)31-13-12-20(28)29-24(31)34/h2-13,16,19,21,23,32H,14-15H2,1H3,(H,30,35)(H2,28,29,34)/t16-,19?,21-,23+,40?/m0/s1. The Balaban J connectivity index is 1.47. The molecule has 2 heterocycles. The summed E-state index contributed by atoms with van der Waals surface area (Å²) in [6.07, 6.45) is -5.50. The summed E-state index contributed by atoms with van der Waals surface area (Å²) in [6, 6.07) is 16.5. The number of carbonyl (C=O) groups is 1. The molecule has 4 N–H and O–H groups in total. The molecule has 5 atom stereocenters. The Morgan fingerprint density at radius 3 is 2.50 bits per heavy atom. The molecule has 40 heavy (non-hydrogen) atoms. The van der Waals surface area contributed by atoms with Crippen LogP contribution in [0.2, 0.25) is 0 Å². The Labute approximate surface area is 227 Å². The second-order valence-corrected chi connectivity index (χ2v) is 10.5. The number of ether oxygens (including phenoxy) is 2. The first-order chi connectivity index (χ1) is 19.0. The predicted molar refractivity (Wildman–Crippen MR) is 137 cm³/mol. The van der Waals surface area contributed by atoms with E-state index in [1.807, 2.05) is 0 Å². The van der Waals surface area contributed by atoms with Gasteiger partial charge in [-0.3, -0.25) is 13.9 Å². The van der Waals surface area contributed by atoms with E-state index in [0.29, 0.717) is 4.57 Å². The van der Waals surface area contributed by atoms with Crippen LogP contribution in [0.15, 0.2) is 77.7 Å². The summed E-state index contributed by atoms with van der Waals surface area (Å²) in [6.45, 7) is 0.435. The fourth-order valence-electron chi connectivity index (χ4n) is 3.74. The highest BCUT2D eigenvalue weighted by molar-refractivity contribution is 7.52. The monoisotopic (exact) mass is 580 g/mol. The minimum atomic E-state index is -4.46. The van der Waals surface area contributed by atoms with Gasteiger partial charge in [-0.15, -0.1) is 0 Å². The van der Waals surface area contributed by atoms with Gasteiger partial charge in [0.05, 0.1) is 6.61 Å². The fraction of sp³-hybridized carbons (Fsp3) is 0.320. The number of hydrogen-bond acceptors (Lipinski definition) is 10. The quantitative estimate of drug-likeness (QED) is 0.226. The molecule has 1 saturated heterocycles. The van der Waals surface area contributed by atoms with Crippen molar-refractivity contribution in [2.75, 3.05) is 12.3 Å². The van der Waals surface area contributed by atoms with Crippen LogP contribution in [-0.4, -0.2) is 51.4 Å². The summed E-state index contributed by atoms with van der Waals surface area (Å²) in [5.74, 6) is -4.85. The number of nitrogens with zero attached hydrogens (tertiary/aromatic N) is 2. The number of nitrogens with two attached hydrogens (primary N) is 1. The van der Waals surface area contributed by atoms with Crippen molar-refractivity contribution in [1.29, 1.82) is 0 Å². The molecule has 15 heteroatoms. The van der Waals surface area contributed by atoms with Gasteiger partial charge in [-0.05, 0) is 30.7 Å². The Morgan fingerprint density at radius 2 is 1.85 bits per heavy atom. The highest BCUT2D eigenvalue weighted by atomic mass is 31.2. The van der Waals surface area contributed by atoms with Crippen LogP contribution in [0.3, 0.4) is 0 Å². The van der Waals surface area contributed by atoms with Crippen LogP contribution in [0.25, 0.3) is 0 Å². The predicted octanol–water partition coefficient (Wildman–Crippen LogP) is 2.64. The van der Waals surface area contributed by atoms with Crippen LogP contribution in [-0.2, 0) is 30.0 Å². The molecular weight excluding hydrogens is 553 g/mol. The number of hydrogen-bond donors (Lipinski definition) is 3. The molecule has 2 aromatic carbocycles. The summed E-state index contributed by atoms with van der Waals surface area (Å²) >= 11 is 0. The van der Waals surface area contributed by atoms with E-state index in [-0.39, 0.29) is 18.2 Å².